The first-order chi connectivity index (χ1) is 11.9. The van der Waals surface area contributed by atoms with Crippen LogP contribution >= 0.6 is 0 Å². The van der Waals surface area contributed by atoms with Crippen molar-refractivity contribution in [3.05, 3.63) is 29.3 Å². The monoisotopic (exact) mass is 347 g/mol. The van der Waals surface area contributed by atoms with Crippen LogP contribution in [0.5, 0.6) is 5.75 Å². The summed E-state index contributed by atoms with van der Waals surface area (Å²) in [5.41, 5.74) is 1.65. The number of benzene rings is 1. The number of amides is 2. The summed E-state index contributed by atoms with van der Waals surface area (Å²) in [5, 5.41) is 2.98. The Balaban J connectivity index is 1.87. The van der Waals surface area contributed by atoms with Crippen LogP contribution in [0.15, 0.2) is 18.2 Å². The first-order valence-corrected chi connectivity index (χ1v) is 8.90. The van der Waals surface area contributed by atoms with Gasteiger partial charge in [-0.15, -0.1) is 0 Å². The Bertz CT molecular complexity index is 610. The molecule has 0 aromatic heterocycles. The van der Waals surface area contributed by atoms with Crippen LogP contribution in [0.2, 0.25) is 0 Å². The predicted octanol–water partition coefficient (Wildman–Crippen LogP) is 1.68. The Kier molecular flexibility index (Phi) is 6.82. The van der Waals surface area contributed by atoms with Gasteiger partial charge in [-0.25, -0.2) is 0 Å². The second-order valence-electron chi connectivity index (χ2n) is 6.63. The molecule has 138 valence electrons. The van der Waals surface area contributed by atoms with E-state index in [0.29, 0.717) is 38.3 Å². The lowest BCUT2D eigenvalue weighted by molar-refractivity contribution is -0.123. The quantitative estimate of drug-likeness (QED) is 0.850. The molecule has 1 aromatic rings. The number of piperazine rings is 1. The fourth-order valence-corrected chi connectivity index (χ4v) is 2.87. The lowest BCUT2D eigenvalue weighted by Gasteiger charge is -2.34. The minimum absolute atomic E-state index is 0.0157. The molecule has 0 bridgehead atoms. The highest BCUT2D eigenvalue weighted by Crippen LogP contribution is 2.20. The van der Waals surface area contributed by atoms with Gasteiger partial charge in [-0.1, -0.05) is 13.0 Å². The zero-order chi connectivity index (χ0) is 18.4. The van der Waals surface area contributed by atoms with Crippen molar-refractivity contribution in [2.24, 2.45) is 0 Å². The van der Waals surface area contributed by atoms with Crippen LogP contribution in [-0.4, -0.2) is 67.5 Å². The highest BCUT2D eigenvalue weighted by atomic mass is 16.5. The molecule has 1 saturated heterocycles. The SMILES string of the molecule is CCC(C)NC(=O)CN1CCN(C(=O)c2ccc(C)c(OC)c2)CC1. The molecule has 0 saturated carbocycles. The van der Waals surface area contributed by atoms with E-state index in [4.69, 9.17) is 4.74 Å². The molecule has 0 aliphatic carbocycles. The maximum absolute atomic E-state index is 12.7. The van der Waals surface area contributed by atoms with Crippen molar-refractivity contribution in [1.82, 2.24) is 15.1 Å². The third-order valence-corrected chi connectivity index (χ3v) is 4.70. The second-order valence-corrected chi connectivity index (χ2v) is 6.63. The molecule has 1 aliphatic rings. The molecule has 2 rings (SSSR count). The van der Waals surface area contributed by atoms with Crippen LogP contribution < -0.4 is 10.1 Å². The summed E-state index contributed by atoms with van der Waals surface area (Å²) in [5.74, 6) is 0.797. The number of carbonyl (C=O) groups is 2. The Morgan fingerprint density at radius 3 is 2.52 bits per heavy atom. The Hall–Kier alpha value is -2.08. The molecule has 1 atom stereocenters. The van der Waals surface area contributed by atoms with Gasteiger partial charge in [0.1, 0.15) is 5.75 Å². The summed E-state index contributed by atoms with van der Waals surface area (Å²) < 4.78 is 5.30. The van der Waals surface area contributed by atoms with Gasteiger partial charge >= 0.3 is 0 Å². The van der Waals surface area contributed by atoms with Crippen molar-refractivity contribution < 1.29 is 14.3 Å². The average molecular weight is 347 g/mol. The molecule has 0 spiro atoms. The third kappa shape index (κ3) is 5.19. The van der Waals surface area contributed by atoms with Crippen LogP contribution in [0, 0.1) is 6.92 Å². The molecule has 25 heavy (non-hydrogen) atoms. The normalized spacial score (nSPS) is 16.4. The van der Waals surface area contributed by atoms with Gasteiger partial charge in [0.2, 0.25) is 5.91 Å². The highest BCUT2D eigenvalue weighted by molar-refractivity contribution is 5.94. The van der Waals surface area contributed by atoms with Crippen molar-refractivity contribution in [1.29, 1.82) is 0 Å². The first-order valence-electron chi connectivity index (χ1n) is 8.90. The van der Waals surface area contributed by atoms with E-state index in [-0.39, 0.29) is 17.9 Å². The van der Waals surface area contributed by atoms with Crippen molar-refractivity contribution in [2.45, 2.75) is 33.2 Å². The van der Waals surface area contributed by atoms with Gasteiger partial charge < -0.3 is 15.0 Å². The topological polar surface area (TPSA) is 61.9 Å². The molecular formula is C19H29N3O3. The number of methoxy groups -OCH3 is 1. The zero-order valence-electron chi connectivity index (χ0n) is 15.7. The van der Waals surface area contributed by atoms with Crippen molar-refractivity contribution >= 4 is 11.8 Å². The molecule has 2 amide bonds. The van der Waals surface area contributed by atoms with E-state index in [2.05, 4.69) is 17.1 Å². The largest absolute Gasteiger partial charge is 0.496 e. The smallest absolute Gasteiger partial charge is 0.254 e. The van der Waals surface area contributed by atoms with Crippen molar-refractivity contribution in [2.75, 3.05) is 39.8 Å². The van der Waals surface area contributed by atoms with Gasteiger partial charge in [-0.3, -0.25) is 14.5 Å². The molecule has 1 unspecified atom stereocenters. The van der Waals surface area contributed by atoms with Crippen LogP contribution in [0.4, 0.5) is 0 Å². The van der Waals surface area contributed by atoms with Crippen molar-refractivity contribution in [3.63, 3.8) is 0 Å². The van der Waals surface area contributed by atoms with Crippen LogP contribution in [0.1, 0.15) is 36.2 Å². The van der Waals surface area contributed by atoms with Crippen LogP contribution in [0.3, 0.4) is 0 Å². The third-order valence-electron chi connectivity index (χ3n) is 4.70. The minimum atomic E-state index is 0.0157. The predicted molar refractivity (Wildman–Crippen MR) is 98.0 cm³/mol. The summed E-state index contributed by atoms with van der Waals surface area (Å²) in [4.78, 5) is 28.6. The molecule has 6 heteroatoms. The van der Waals surface area contributed by atoms with E-state index in [1.165, 1.54) is 0 Å². The van der Waals surface area contributed by atoms with E-state index >= 15 is 0 Å². The molecule has 1 aromatic carbocycles. The van der Waals surface area contributed by atoms with E-state index in [9.17, 15) is 9.59 Å². The number of rotatable bonds is 6. The molecule has 0 radical (unpaired) electrons. The highest BCUT2D eigenvalue weighted by Gasteiger charge is 2.24. The number of ether oxygens (including phenoxy) is 1. The first kappa shape index (κ1) is 19.2. The molecule has 1 heterocycles. The lowest BCUT2D eigenvalue weighted by atomic mass is 10.1. The van der Waals surface area contributed by atoms with Crippen LogP contribution in [0.25, 0.3) is 0 Å². The summed E-state index contributed by atoms with van der Waals surface area (Å²) >= 11 is 0. The van der Waals surface area contributed by atoms with Crippen molar-refractivity contribution in [3.8, 4) is 5.75 Å². The lowest BCUT2D eigenvalue weighted by Crippen LogP contribution is -2.51. The van der Waals surface area contributed by atoms with E-state index in [1.807, 2.05) is 30.9 Å². The summed E-state index contributed by atoms with van der Waals surface area (Å²) in [7, 11) is 1.61. The van der Waals surface area contributed by atoms with E-state index in [1.54, 1.807) is 13.2 Å². The fraction of sp³-hybridized carbons (Fsp3) is 0.579. The Labute approximate surface area is 150 Å². The van der Waals surface area contributed by atoms with Gasteiger partial charge in [0.15, 0.2) is 0 Å². The van der Waals surface area contributed by atoms with Gasteiger partial charge in [0.25, 0.3) is 5.91 Å². The summed E-state index contributed by atoms with van der Waals surface area (Å²) in [6, 6.07) is 5.74. The molecule has 1 fully saturated rings. The van der Waals surface area contributed by atoms with Gasteiger partial charge in [-0.2, -0.15) is 0 Å². The second kappa shape index (κ2) is 8.85. The summed E-state index contributed by atoms with van der Waals surface area (Å²) in [6.07, 6.45) is 0.925. The molecular weight excluding hydrogens is 318 g/mol. The number of aryl methyl sites for hydroxylation is 1. The molecule has 6 nitrogen and oxygen atoms in total. The van der Waals surface area contributed by atoms with E-state index in [0.717, 1.165) is 17.7 Å². The molecule has 1 N–H and O–H groups in total. The number of carbonyl (C=O) groups excluding carboxylic acids is 2. The number of hydrogen-bond acceptors (Lipinski definition) is 4. The maximum Gasteiger partial charge on any atom is 0.254 e. The number of nitrogens with one attached hydrogen (secondary N) is 1. The van der Waals surface area contributed by atoms with Gasteiger partial charge in [0.05, 0.1) is 13.7 Å². The zero-order valence-corrected chi connectivity index (χ0v) is 15.7. The number of hydrogen-bond donors (Lipinski definition) is 1. The van der Waals surface area contributed by atoms with Gasteiger partial charge in [0, 0.05) is 37.8 Å². The number of nitrogens with zero attached hydrogens (tertiary/aromatic N) is 2. The minimum Gasteiger partial charge on any atom is -0.496 e. The van der Waals surface area contributed by atoms with E-state index < -0.39 is 0 Å². The summed E-state index contributed by atoms with van der Waals surface area (Å²) in [6.45, 7) is 9.09. The van der Waals surface area contributed by atoms with Crippen LogP contribution in [-0.2, 0) is 4.79 Å². The average Bonchev–Trinajstić information content (AvgIpc) is 2.62. The Morgan fingerprint density at radius 1 is 1.24 bits per heavy atom. The maximum atomic E-state index is 12.7. The fourth-order valence-electron chi connectivity index (χ4n) is 2.87. The van der Waals surface area contributed by atoms with Gasteiger partial charge in [-0.05, 0) is 38.0 Å². The standard InChI is InChI=1S/C19H29N3O3/c1-5-15(3)20-18(23)13-21-8-10-22(11-9-21)19(24)16-7-6-14(2)17(12-16)25-4/h6-7,12,15H,5,8-11,13H2,1-4H3,(H,20,23). The molecule has 1 aliphatic heterocycles. The Morgan fingerprint density at radius 2 is 1.92 bits per heavy atom.